The third-order valence-corrected chi connectivity index (χ3v) is 9.12. The SMILES string of the molecule is NCCCC[C@H](NC(=O)[C@H](CCCN=C(N)N)NC(=O)[C@@H](N)CO)C(=O)N[C@@H](CO)C(=O)N[C@@H](CCC(N)=O)C(=O)N[C@@H](CCC(N)=O)C(=O)N[C@@H](Cc1ccc(O)cc1)C(=O)O. The van der Waals surface area contributed by atoms with Gasteiger partial charge in [-0.1, -0.05) is 12.1 Å². The molecule has 26 nitrogen and oxygen atoms in total. The third-order valence-electron chi connectivity index (χ3n) is 9.12. The van der Waals surface area contributed by atoms with Crippen LogP contribution in [0.5, 0.6) is 5.75 Å². The average Bonchev–Trinajstić information content (AvgIpc) is 3.22. The van der Waals surface area contributed by atoms with Crippen molar-refractivity contribution in [1.82, 2.24) is 31.9 Å². The van der Waals surface area contributed by atoms with Gasteiger partial charge in [0.1, 0.15) is 48.0 Å². The molecule has 1 rings (SSSR count). The number of aliphatic imine (C=N–C) groups is 1. The van der Waals surface area contributed by atoms with Crippen LogP contribution < -0.4 is 66.3 Å². The van der Waals surface area contributed by atoms with Gasteiger partial charge in [-0.15, -0.1) is 0 Å². The molecule has 0 unspecified atom stereocenters. The van der Waals surface area contributed by atoms with Gasteiger partial charge in [0.05, 0.1) is 13.2 Å². The maximum absolute atomic E-state index is 13.6. The molecule has 0 spiro atoms. The van der Waals surface area contributed by atoms with E-state index in [9.17, 15) is 63.6 Å². The predicted octanol–water partition coefficient (Wildman–Crippen LogP) is -7.05. The largest absolute Gasteiger partial charge is 0.508 e. The molecule has 0 fully saturated rings. The number of aliphatic carboxylic acids is 1. The van der Waals surface area contributed by atoms with Crippen LogP contribution in [0.1, 0.15) is 63.4 Å². The van der Waals surface area contributed by atoms with E-state index in [4.69, 9.17) is 34.4 Å². The van der Waals surface area contributed by atoms with Gasteiger partial charge in [-0.2, -0.15) is 0 Å². The summed E-state index contributed by atoms with van der Waals surface area (Å²) >= 11 is 0. The molecule has 0 aliphatic carbocycles. The van der Waals surface area contributed by atoms with Gasteiger partial charge in [0.2, 0.25) is 47.3 Å². The van der Waals surface area contributed by atoms with Gasteiger partial charge < -0.3 is 86.7 Å². The highest BCUT2D eigenvalue weighted by molar-refractivity contribution is 5.97. The van der Waals surface area contributed by atoms with Gasteiger partial charge in [-0.3, -0.25) is 43.3 Å². The molecule has 352 valence electrons. The molecule has 1 aromatic carbocycles. The van der Waals surface area contributed by atoms with Crippen molar-refractivity contribution in [2.75, 3.05) is 26.3 Å². The number of carboxylic acid groups (broad SMARTS) is 1. The quantitative estimate of drug-likeness (QED) is 0.0187. The van der Waals surface area contributed by atoms with Crippen molar-refractivity contribution in [2.24, 2.45) is 39.4 Å². The third kappa shape index (κ3) is 21.6. The number of phenols is 1. The normalized spacial score (nSPS) is 14.2. The molecule has 0 saturated carbocycles. The highest BCUT2D eigenvalue weighted by atomic mass is 16.4. The lowest BCUT2D eigenvalue weighted by Crippen LogP contribution is -2.60. The molecule has 26 heteroatoms. The molecule has 0 bridgehead atoms. The summed E-state index contributed by atoms with van der Waals surface area (Å²) in [6.07, 6.45) is -1.36. The lowest BCUT2D eigenvalue weighted by atomic mass is 10.0. The molecule has 22 N–H and O–H groups in total. The maximum Gasteiger partial charge on any atom is 0.326 e. The molecule has 0 aromatic heterocycles. The van der Waals surface area contributed by atoms with E-state index in [1.165, 1.54) is 24.3 Å². The van der Waals surface area contributed by atoms with Gasteiger partial charge in [0.15, 0.2) is 5.96 Å². The summed E-state index contributed by atoms with van der Waals surface area (Å²) < 4.78 is 0. The van der Waals surface area contributed by atoms with Crippen LogP contribution in [0, 0.1) is 0 Å². The second-order valence-corrected chi connectivity index (χ2v) is 14.3. The summed E-state index contributed by atoms with van der Waals surface area (Å²) in [6.45, 7) is -1.52. The fourth-order valence-corrected chi connectivity index (χ4v) is 5.63. The Morgan fingerprint density at radius 3 is 1.38 bits per heavy atom. The second kappa shape index (κ2) is 28.8. The molecular weight excluding hydrogens is 834 g/mol. The van der Waals surface area contributed by atoms with Crippen LogP contribution in [0.25, 0.3) is 0 Å². The summed E-state index contributed by atoms with van der Waals surface area (Å²) in [5.41, 5.74) is 32.9. The summed E-state index contributed by atoms with van der Waals surface area (Å²) in [7, 11) is 0. The zero-order valence-electron chi connectivity index (χ0n) is 34.6. The van der Waals surface area contributed by atoms with Crippen LogP contribution in [0.15, 0.2) is 29.3 Å². The number of rotatable bonds is 31. The standard InChI is InChI=1S/C37H61N13O13/c38-14-2-1-4-22(46-31(57)23(5-3-15-44-37(42)43)45-30(56)21(39)17-51)32(58)50-27(18-52)35(61)48-24(10-12-28(40)54)33(59)47-25(11-13-29(41)55)34(60)49-26(36(62)63)16-19-6-8-20(53)9-7-19/h6-9,21-27,51-53H,1-5,10-18,38-39H2,(H2,40,54)(H2,41,55)(H,45,56)(H,46,57)(H,47,59)(H,48,61)(H,49,60)(H,50,58)(H,62,63)(H4,42,43,44)/t21-,22-,23-,24-,25-,26-,27-/m0/s1. The number of nitrogens with zero attached hydrogens (tertiary/aromatic N) is 1. The maximum atomic E-state index is 13.6. The van der Waals surface area contributed by atoms with Gasteiger partial charge in [0, 0.05) is 25.8 Å². The second-order valence-electron chi connectivity index (χ2n) is 14.3. The number of aliphatic hydroxyl groups excluding tert-OH is 2. The number of nitrogens with one attached hydrogen (secondary N) is 6. The molecule has 7 atom stereocenters. The van der Waals surface area contributed by atoms with Crippen molar-refractivity contribution in [1.29, 1.82) is 0 Å². The van der Waals surface area contributed by atoms with E-state index < -0.39 is 134 Å². The fourth-order valence-electron chi connectivity index (χ4n) is 5.63. The topological polar surface area (TPSA) is 475 Å². The number of hydrogen-bond acceptors (Lipinski definition) is 15. The summed E-state index contributed by atoms with van der Waals surface area (Å²) in [5, 5.41) is 52.9. The number of amides is 8. The first-order valence-electron chi connectivity index (χ1n) is 19.8. The Morgan fingerprint density at radius 2 is 0.968 bits per heavy atom. The van der Waals surface area contributed by atoms with Gasteiger partial charge in [-0.25, -0.2) is 4.79 Å². The Bertz CT molecular complexity index is 1750. The van der Waals surface area contributed by atoms with Crippen molar-refractivity contribution in [2.45, 2.75) is 107 Å². The van der Waals surface area contributed by atoms with Crippen LogP contribution >= 0.6 is 0 Å². The number of carbonyl (C=O) groups excluding carboxylic acids is 8. The molecule has 1 aromatic rings. The minimum Gasteiger partial charge on any atom is -0.508 e. The smallest absolute Gasteiger partial charge is 0.326 e. The van der Waals surface area contributed by atoms with Crippen LogP contribution in [-0.4, -0.2) is 148 Å². The first kappa shape index (κ1) is 54.4. The number of unbranched alkanes of at least 4 members (excludes halogenated alkanes) is 1. The minimum absolute atomic E-state index is 0.0462. The van der Waals surface area contributed by atoms with E-state index in [1.807, 2.05) is 0 Å². The summed E-state index contributed by atoms with van der Waals surface area (Å²) in [4.78, 5) is 119. The first-order valence-corrected chi connectivity index (χ1v) is 19.8. The number of phenolic OH excluding ortho intramolecular Hbond substituents is 1. The average molecular weight is 896 g/mol. The predicted molar refractivity (Wildman–Crippen MR) is 223 cm³/mol. The van der Waals surface area contributed by atoms with Gasteiger partial charge in [0.25, 0.3) is 0 Å². The van der Waals surface area contributed by atoms with Crippen LogP contribution in [0.2, 0.25) is 0 Å². The molecular formula is C37H61N13O13. The van der Waals surface area contributed by atoms with E-state index in [0.29, 0.717) is 12.0 Å². The Hall–Kier alpha value is -6.64. The molecule has 8 amide bonds. The zero-order chi connectivity index (χ0) is 47.6. The van der Waals surface area contributed by atoms with E-state index in [2.05, 4.69) is 36.9 Å². The number of carboxylic acids is 1. The number of hydrogen-bond donors (Lipinski definition) is 16. The molecule has 63 heavy (non-hydrogen) atoms. The lowest BCUT2D eigenvalue weighted by Gasteiger charge is -2.27. The number of nitrogens with two attached hydrogens (primary N) is 6. The first-order chi connectivity index (χ1) is 29.7. The molecule has 0 aliphatic rings. The Labute approximate surface area is 362 Å². The Morgan fingerprint density at radius 1 is 0.556 bits per heavy atom. The number of guanidine groups is 1. The lowest BCUT2D eigenvalue weighted by molar-refractivity contribution is -0.142. The van der Waals surface area contributed by atoms with Crippen molar-refractivity contribution in [3.63, 3.8) is 0 Å². The van der Waals surface area contributed by atoms with Crippen LogP contribution in [0.4, 0.5) is 0 Å². The molecule has 0 saturated heterocycles. The van der Waals surface area contributed by atoms with E-state index in [1.54, 1.807) is 0 Å². The van der Waals surface area contributed by atoms with Gasteiger partial charge in [-0.05, 0) is 69.2 Å². The van der Waals surface area contributed by atoms with Crippen LogP contribution in [0.3, 0.4) is 0 Å². The van der Waals surface area contributed by atoms with E-state index in [-0.39, 0.29) is 56.9 Å². The highest BCUT2D eigenvalue weighted by Gasteiger charge is 2.34. The highest BCUT2D eigenvalue weighted by Crippen LogP contribution is 2.13. The fraction of sp³-hybridized carbons (Fsp3) is 0.568. The molecule has 0 radical (unpaired) electrons. The van der Waals surface area contributed by atoms with Crippen molar-refractivity contribution in [3.05, 3.63) is 29.8 Å². The Balaban J connectivity index is 3.32. The van der Waals surface area contributed by atoms with Gasteiger partial charge >= 0.3 is 5.97 Å². The van der Waals surface area contributed by atoms with Crippen LogP contribution in [-0.2, 0) is 49.6 Å². The number of aromatic hydroxyl groups is 1. The molecule has 0 heterocycles. The monoisotopic (exact) mass is 895 g/mol. The van der Waals surface area contributed by atoms with Crippen molar-refractivity contribution in [3.8, 4) is 5.75 Å². The summed E-state index contributed by atoms with van der Waals surface area (Å²) in [5.74, 6) is -9.67. The van der Waals surface area contributed by atoms with Crippen molar-refractivity contribution < 1.29 is 63.6 Å². The minimum atomic E-state index is -1.79. The number of benzene rings is 1. The van der Waals surface area contributed by atoms with E-state index >= 15 is 0 Å². The van der Waals surface area contributed by atoms with Crippen molar-refractivity contribution >= 4 is 59.2 Å². The number of primary amides is 2. The number of carbonyl (C=O) groups is 9. The molecule has 0 aliphatic heterocycles. The number of aliphatic hydroxyl groups is 2. The zero-order valence-corrected chi connectivity index (χ0v) is 34.6. The Kier molecular flexibility index (Phi) is 24.9. The summed E-state index contributed by atoms with van der Waals surface area (Å²) in [6, 6.07) is -5.28. The van der Waals surface area contributed by atoms with E-state index in [0.717, 1.165) is 0 Å².